The predicted octanol–water partition coefficient (Wildman–Crippen LogP) is 2.56. The summed E-state index contributed by atoms with van der Waals surface area (Å²) in [4.78, 5) is 0. The molecule has 0 unspecified atom stereocenters. The topological polar surface area (TPSA) is 20.2 Å². The SMILES string of the molecule is C[C@@H](O)CCc1cc(F)c(F)c(F)c1F. The number of halogens is 4. The molecule has 1 N–H and O–H groups in total. The summed E-state index contributed by atoms with van der Waals surface area (Å²) in [7, 11) is 0. The van der Waals surface area contributed by atoms with E-state index in [4.69, 9.17) is 5.11 Å². The fourth-order valence-corrected chi connectivity index (χ4v) is 1.17. The molecule has 0 amide bonds. The third-order valence-corrected chi connectivity index (χ3v) is 2.01. The van der Waals surface area contributed by atoms with Gasteiger partial charge in [0.25, 0.3) is 0 Å². The molecule has 1 aromatic carbocycles. The van der Waals surface area contributed by atoms with Crippen LogP contribution in [0.1, 0.15) is 18.9 Å². The minimum atomic E-state index is -1.81. The molecule has 84 valence electrons. The summed E-state index contributed by atoms with van der Waals surface area (Å²) in [6, 6.07) is 0.607. The Morgan fingerprint density at radius 3 is 2.27 bits per heavy atom. The molecule has 1 nitrogen and oxygen atoms in total. The Kier molecular flexibility index (Phi) is 3.68. The van der Waals surface area contributed by atoms with E-state index in [0.717, 1.165) is 0 Å². The van der Waals surface area contributed by atoms with Gasteiger partial charge in [-0.25, -0.2) is 17.6 Å². The molecule has 0 bridgehead atoms. The Balaban J connectivity index is 2.99. The molecule has 5 heteroatoms. The first kappa shape index (κ1) is 12.0. The maximum Gasteiger partial charge on any atom is 0.197 e. The highest BCUT2D eigenvalue weighted by molar-refractivity contribution is 5.21. The van der Waals surface area contributed by atoms with Crippen molar-refractivity contribution in [2.45, 2.75) is 25.9 Å². The fraction of sp³-hybridized carbons (Fsp3) is 0.400. The molecule has 0 heterocycles. The number of aryl methyl sites for hydroxylation is 1. The molecule has 0 radical (unpaired) electrons. The first-order valence-electron chi connectivity index (χ1n) is 4.43. The Morgan fingerprint density at radius 2 is 1.73 bits per heavy atom. The lowest BCUT2D eigenvalue weighted by Crippen LogP contribution is -2.06. The van der Waals surface area contributed by atoms with Crippen molar-refractivity contribution in [1.29, 1.82) is 0 Å². The lowest BCUT2D eigenvalue weighted by molar-refractivity contribution is 0.184. The Labute approximate surface area is 84.3 Å². The van der Waals surface area contributed by atoms with Crippen molar-refractivity contribution in [3.63, 3.8) is 0 Å². The molecule has 0 aliphatic carbocycles. The van der Waals surface area contributed by atoms with Gasteiger partial charge in [0, 0.05) is 0 Å². The van der Waals surface area contributed by atoms with Gasteiger partial charge in [-0.15, -0.1) is 0 Å². The van der Waals surface area contributed by atoms with Gasteiger partial charge in [-0.1, -0.05) is 0 Å². The van der Waals surface area contributed by atoms with Crippen molar-refractivity contribution < 1.29 is 22.7 Å². The Hall–Kier alpha value is -1.10. The van der Waals surface area contributed by atoms with Crippen LogP contribution in [0.4, 0.5) is 17.6 Å². The van der Waals surface area contributed by atoms with E-state index >= 15 is 0 Å². The normalized spacial score (nSPS) is 12.9. The Morgan fingerprint density at radius 1 is 1.13 bits per heavy atom. The van der Waals surface area contributed by atoms with E-state index in [9.17, 15) is 17.6 Å². The molecular weight excluding hydrogens is 212 g/mol. The molecule has 1 aromatic rings. The van der Waals surface area contributed by atoms with Crippen molar-refractivity contribution >= 4 is 0 Å². The van der Waals surface area contributed by atoms with Crippen LogP contribution in [0, 0.1) is 23.3 Å². The molecule has 0 saturated heterocycles. The fourth-order valence-electron chi connectivity index (χ4n) is 1.17. The summed E-state index contributed by atoms with van der Waals surface area (Å²) in [6.45, 7) is 1.47. The lowest BCUT2D eigenvalue weighted by Gasteiger charge is -2.07. The van der Waals surface area contributed by atoms with Crippen LogP contribution in [0.15, 0.2) is 6.07 Å². The van der Waals surface area contributed by atoms with E-state index in [2.05, 4.69) is 0 Å². The molecule has 0 aliphatic rings. The summed E-state index contributed by atoms with van der Waals surface area (Å²) >= 11 is 0. The zero-order valence-electron chi connectivity index (χ0n) is 8.03. The van der Waals surface area contributed by atoms with E-state index in [1.54, 1.807) is 0 Å². The van der Waals surface area contributed by atoms with Crippen molar-refractivity contribution in [1.82, 2.24) is 0 Å². The lowest BCUT2D eigenvalue weighted by atomic mass is 10.1. The maximum absolute atomic E-state index is 13.0. The van der Waals surface area contributed by atoms with Gasteiger partial charge in [-0.2, -0.15) is 0 Å². The number of hydrogen-bond acceptors (Lipinski definition) is 1. The molecule has 15 heavy (non-hydrogen) atoms. The van der Waals surface area contributed by atoms with Crippen LogP contribution >= 0.6 is 0 Å². The average molecular weight is 222 g/mol. The van der Waals surface area contributed by atoms with Crippen molar-refractivity contribution in [3.8, 4) is 0 Å². The number of hydrogen-bond donors (Lipinski definition) is 1. The molecule has 0 fully saturated rings. The van der Waals surface area contributed by atoms with E-state index < -0.39 is 29.4 Å². The molecule has 0 saturated carbocycles. The average Bonchev–Trinajstić information content (AvgIpc) is 2.18. The van der Waals surface area contributed by atoms with Crippen LogP contribution in [-0.4, -0.2) is 11.2 Å². The third-order valence-electron chi connectivity index (χ3n) is 2.01. The van der Waals surface area contributed by atoms with Crippen LogP contribution in [0.2, 0.25) is 0 Å². The molecular formula is C10H10F4O. The zero-order valence-corrected chi connectivity index (χ0v) is 8.03. The van der Waals surface area contributed by atoms with Gasteiger partial charge in [-0.05, 0) is 31.4 Å². The smallest absolute Gasteiger partial charge is 0.197 e. The van der Waals surface area contributed by atoms with Gasteiger partial charge < -0.3 is 5.11 Å². The first-order valence-corrected chi connectivity index (χ1v) is 4.43. The number of rotatable bonds is 3. The molecule has 0 aliphatic heterocycles. The van der Waals surface area contributed by atoms with Crippen LogP contribution < -0.4 is 0 Å². The second-order valence-electron chi connectivity index (χ2n) is 3.35. The van der Waals surface area contributed by atoms with E-state index in [-0.39, 0.29) is 18.4 Å². The number of aliphatic hydroxyl groups excluding tert-OH is 1. The minimum Gasteiger partial charge on any atom is -0.393 e. The highest BCUT2D eigenvalue weighted by Crippen LogP contribution is 2.20. The van der Waals surface area contributed by atoms with Gasteiger partial charge in [0.2, 0.25) is 0 Å². The van der Waals surface area contributed by atoms with Crippen molar-refractivity contribution in [3.05, 3.63) is 34.9 Å². The van der Waals surface area contributed by atoms with E-state index in [1.807, 2.05) is 0 Å². The van der Waals surface area contributed by atoms with E-state index in [0.29, 0.717) is 6.07 Å². The first-order chi connectivity index (χ1) is 6.93. The van der Waals surface area contributed by atoms with Crippen LogP contribution in [-0.2, 0) is 6.42 Å². The third kappa shape index (κ3) is 2.68. The highest BCUT2D eigenvalue weighted by Gasteiger charge is 2.18. The number of aliphatic hydroxyl groups is 1. The zero-order chi connectivity index (χ0) is 11.6. The predicted molar refractivity (Wildman–Crippen MR) is 46.3 cm³/mol. The summed E-state index contributed by atoms with van der Waals surface area (Å²) < 4.78 is 51.0. The second kappa shape index (κ2) is 4.61. The molecule has 1 atom stereocenters. The van der Waals surface area contributed by atoms with Crippen LogP contribution in [0.5, 0.6) is 0 Å². The van der Waals surface area contributed by atoms with E-state index in [1.165, 1.54) is 6.92 Å². The standard InChI is InChI=1S/C10H10F4O/c1-5(15)2-3-6-4-7(11)9(13)10(14)8(6)12/h4-5,15H,2-3H2,1H3/t5-/m1/s1. The maximum atomic E-state index is 13.0. The molecule has 0 aromatic heterocycles. The summed E-state index contributed by atoms with van der Waals surface area (Å²) in [5, 5.41) is 8.91. The molecule has 1 rings (SSSR count). The molecule has 0 spiro atoms. The number of benzene rings is 1. The van der Waals surface area contributed by atoms with Crippen LogP contribution in [0.25, 0.3) is 0 Å². The van der Waals surface area contributed by atoms with Gasteiger partial charge >= 0.3 is 0 Å². The summed E-state index contributed by atoms with van der Waals surface area (Å²) in [6.07, 6.45) is -0.598. The van der Waals surface area contributed by atoms with Gasteiger partial charge in [0.15, 0.2) is 23.3 Å². The quantitative estimate of drug-likeness (QED) is 0.473. The second-order valence-corrected chi connectivity index (χ2v) is 3.35. The highest BCUT2D eigenvalue weighted by atomic mass is 19.2. The monoisotopic (exact) mass is 222 g/mol. The minimum absolute atomic E-state index is 0.0440. The van der Waals surface area contributed by atoms with Gasteiger partial charge in [-0.3, -0.25) is 0 Å². The largest absolute Gasteiger partial charge is 0.393 e. The van der Waals surface area contributed by atoms with Crippen molar-refractivity contribution in [2.24, 2.45) is 0 Å². The van der Waals surface area contributed by atoms with Gasteiger partial charge in [0.1, 0.15) is 0 Å². The summed E-state index contributed by atoms with van der Waals surface area (Å²) in [5.41, 5.74) is -0.271. The summed E-state index contributed by atoms with van der Waals surface area (Å²) in [5.74, 6) is -6.44. The van der Waals surface area contributed by atoms with Crippen LogP contribution in [0.3, 0.4) is 0 Å². The van der Waals surface area contributed by atoms with Crippen molar-refractivity contribution in [2.75, 3.05) is 0 Å². The Bertz CT molecular complexity index is 363. The van der Waals surface area contributed by atoms with Gasteiger partial charge in [0.05, 0.1) is 6.10 Å².